The van der Waals surface area contributed by atoms with Crippen molar-refractivity contribution in [3.05, 3.63) is 58.7 Å². The molecule has 5 nitrogen and oxygen atoms in total. The van der Waals surface area contributed by atoms with Crippen LogP contribution in [0.3, 0.4) is 0 Å². The summed E-state index contributed by atoms with van der Waals surface area (Å²) >= 11 is 0. The number of nitrogens with zero attached hydrogens (tertiary/aromatic N) is 3. The fourth-order valence-corrected chi connectivity index (χ4v) is 3.58. The average Bonchev–Trinajstić information content (AvgIpc) is 2.83. The van der Waals surface area contributed by atoms with Crippen molar-refractivity contribution >= 4 is 23.1 Å². The van der Waals surface area contributed by atoms with E-state index < -0.39 is 5.60 Å². The molecule has 1 atom stereocenters. The smallest absolute Gasteiger partial charge is 0.235 e. The first kappa shape index (κ1) is 15.6. The molecule has 0 saturated carbocycles. The van der Waals surface area contributed by atoms with Crippen LogP contribution in [-0.2, 0) is 11.2 Å². The number of aliphatic hydroxyl groups is 1. The number of hydrogen-bond donors (Lipinski definition) is 1. The lowest BCUT2D eigenvalue weighted by Gasteiger charge is -2.30. The molecule has 2 aromatic carbocycles. The van der Waals surface area contributed by atoms with E-state index in [0.29, 0.717) is 23.5 Å². The number of fused-ring (bicyclic) bond motifs is 2. The van der Waals surface area contributed by atoms with E-state index in [9.17, 15) is 15.2 Å². The quantitative estimate of drug-likeness (QED) is 0.873. The molecule has 4 rings (SSSR count). The third kappa shape index (κ3) is 2.26. The molecule has 5 heteroatoms. The second-order valence-corrected chi connectivity index (χ2v) is 6.74. The molecule has 1 saturated heterocycles. The summed E-state index contributed by atoms with van der Waals surface area (Å²) in [4.78, 5) is 18.7. The maximum Gasteiger partial charge on any atom is 0.235 e. The van der Waals surface area contributed by atoms with Gasteiger partial charge < -0.3 is 5.11 Å². The van der Waals surface area contributed by atoms with Gasteiger partial charge in [0.25, 0.3) is 0 Å². The van der Waals surface area contributed by atoms with Crippen molar-refractivity contribution in [1.82, 2.24) is 0 Å². The predicted molar refractivity (Wildman–Crippen MR) is 94.9 cm³/mol. The summed E-state index contributed by atoms with van der Waals surface area (Å²) in [5.74, 6) is 0.0705. The lowest BCUT2D eigenvalue weighted by Crippen LogP contribution is -2.44. The average molecular weight is 331 g/mol. The van der Waals surface area contributed by atoms with E-state index in [1.54, 1.807) is 24.3 Å². The van der Waals surface area contributed by atoms with Crippen molar-refractivity contribution in [2.75, 3.05) is 4.90 Å². The van der Waals surface area contributed by atoms with Gasteiger partial charge in [0.15, 0.2) is 0 Å². The van der Waals surface area contributed by atoms with Crippen molar-refractivity contribution in [2.45, 2.75) is 32.3 Å². The van der Waals surface area contributed by atoms with Crippen molar-refractivity contribution < 1.29 is 9.90 Å². The highest BCUT2D eigenvalue weighted by molar-refractivity contribution is 6.27. The van der Waals surface area contributed by atoms with E-state index in [4.69, 9.17) is 0 Å². The molecule has 0 aromatic heterocycles. The third-order valence-electron chi connectivity index (χ3n) is 4.99. The van der Waals surface area contributed by atoms with Crippen molar-refractivity contribution in [2.24, 2.45) is 4.99 Å². The zero-order valence-electron chi connectivity index (χ0n) is 14.1. The number of hydrogen-bond acceptors (Lipinski definition) is 4. The molecule has 0 unspecified atom stereocenters. The van der Waals surface area contributed by atoms with Gasteiger partial charge in [-0.1, -0.05) is 18.2 Å². The minimum atomic E-state index is -1.33. The van der Waals surface area contributed by atoms with Gasteiger partial charge in [-0.05, 0) is 48.7 Å². The Bertz CT molecular complexity index is 987. The summed E-state index contributed by atoms with van der Waals surface area (Å²) in [7, 11) is 0. The van der Waals surface area contributed by atoms with E-state index in [-0.39, 0.29) is 12.3 Å². The molecule has 1 fully saturated rings. The SMILES string of the molecule is Cc1cc2c(cc1C)N=C1N(c3ccccc3C#N)C(=O)C[C@@]1(O)C2. The van der Waals surface area contributed by atoms with Crippen molar-refractivity contribution in [3.8, 4) is 6.07 Å². The van der Waals surface area contributed by atoms with Gasteiger partial charge in [0.2, 0.25) is 5.91 Å². The highest BCUT2D eigenvalue weighted by atomic mass is 16.3. The van der Waals surface area contributed by atoms with E-state index in [2.05, 4.69) is 11.1 Å². The minimum absolute atomic E-state index is 0.0298. The van der Waals surface area contributed by atoms with Crippen LogP contribution in [0.15, 0.2) is 41.4 Å². The number of amidine groups is 1. The number of anilines is 1. The number of aryl methyl sites for hydroxylation is 2. The fourth-order valence-electron chi connectivity index (χ4n) is 3.58. The first-order valence-corrected chi connectivity index (χ1v) is 8.17. The van der Waals surface area contributed by atoms with Crippen LogP contribution < -0.4 is 4.90 Å². The van der Waals surface area contributed by atoms with Gasteiger partial charge in [0.1, 0.15) is 17.5 Å². The number of carbonyl (C=O) groups excluding carboxylic acids is 1. The van der Waals surface area contributed by atoms with E-state index in [1.165, 1.54) is 4.90 Å². The number of benzene rings is 2. The molecule has 0 radical (unpaired) electrons. The van der Waals surface area contributed by atoms with Crippen LogP contribution in [0.1, 0.15) is 28.7 Å². The zero-order valence-corrected chi connectivity index (χ0v) is 14.1. The van der Waals surface area contributed by atoms with Gasteiger partial charge >= 0.3 is 0 Å². The molecule has 124 valence electrons. The molecule has 0 spiro atoms. The molecular weight excluding hydrogens is 314 g/mol. The molecule has 2 aliphatic rings. The topological polar surface area (TPSA) is 76.7 Å². The summed E-state index contributed by atoms with van der Waals surface area (Å²) < 4.78 is 0. The van der Waals surface area contributed by atoms with E-state index >= 15 is 0 Å². The van der Waals surface area contributed by atoms with Gasteiger partial charge in [-0.15, -0.1) is 0 Å². The number of aliphatic imine (C=N–C) groups is 1. The summed E-state index contributed by atoms with van der Waals surface area (Å²) in [5.41, 5.74) is 3.49. The van der Waals surface area contributed by atoms with Crippen LogP contribution in [0.25, 0.3) is 0 Å². The Morgan fingerprint density at radius 2 is 1.92 bits per heavy atom. The summed E-state index contributed by atoms with van der Waals surface area (Å²) in [5, 5.41) is 20.5. The molecule has 2 aromatic rings. The second-order valence-electron chi connectivity index (χ2n) is 6.74. The summed E-state index contributed by atoms with van der Waals surface area (Å²) in [6, 6.07) is 13.0. The number of rotatable bonds is 1. The molecule has 2 heterocycles. The standard InChI is InChI=1S/C20H17N3O2/c1-12-7-15-9-20(25)10-18(24)23(17-6-4-3-5-14(17)11-21)19(20)22-16(15)8-13(12)2/h3-8,25H,9-10H2,1-2H3/t20-/m0/s1. The second kappa shape index (κ2) is 5.27. The lowest BCUT2D eigenvalue weighted by atomic mass is 9.87. The minimum Gasteiger partial charge on any atom is -0.381 e. The number of carbonyl (C=O) groups is 1. The number of nitriles is 1. The molecular formula is C20H17N3O2. The van der Waals surface area contributed by atoms with Crippen molar-refractivity contribution in [3.63, 3.8) is 0 Å². The maximum absolute atomic E-state index is 12.7. The molecule has 1 amide bonds. The molecule has 1 N–H and O–H groups in total. The Morgan fingerprint density at radius 1 is 1.20 bits per heavy atom. The van der Waals surface area contributed by atoms with E-state index in [1.807, 2.05) is 26.0 Å². The fraction of sp³-hybridized carbons (Fsp3) is 0.250. The van der Waals surface area contributed by atoms with Crippen LogP contribution in [0.5, 0.6) is 0 Å². The molecule has 25 heavy (non-hydrogen) atoms. The zero-order chi connectivity index (χ0) is 17.8. The van der Waals surface area contributed by atoms with Gasteiger partial charge in [-0.3, -0.25) is 9.69 Å². The number of para-hydroxylation sites is 1. The summed E-state index contributed by atoms with van der Waals surface area (Å²) in [6.45, 7) is 4.04. The third-order valence-corrected chi connectivity index (χ3v) is 4.99. The van der Waals surface area contributed by atoms with Gasteiger partial charge in [0.05, 0.1) is 23.4 Å². The highest BCUT2D eigenvalue weighted by Crippen LogP contribution is 2.41. The number of amides is 1. The van der Waals surface area contributed by atoms with Crippen LogP contribution in [0.2, 0.25) is 0 Å². The van der Waals surface area contributed by atoms with Crippen LogP contribution in [0.4, 0.5) is 11.4 Å². The monoisotopic (exact) mass is 331 g/mol. The van der Waals surface area contributed by atoms with Crippen LogP contribution in [0, 0.1) is 25.2 Å². The molecule has 0 bridgehead atoms. The first-order chi connectivity index (χ1) is 11.9. The van der Waals surface area contributed by atoms with Crippen LogP contribution in [-0.4, -0.2) is 22.5 Å². The largest absolute Gasteiger partial charge is 0.381 e. The Balaban J connectivity index is 1.91. The van der Waals surface area contributed by atoms with Gasteiger partial charge in [0, 0.05) is 6.42 Å². The Morgan fingerprint density at radius 3 is 2.68 bits per heavy atom. The normalized spacial score (nSPS) is 21.4. The highest BCUT2D eigenvalue weighted by Gasteiger charge is 2.51. The first-order valence-electron chi connectivity index (χ1n) is 8.17. The van der Waals surface area contributed by atoms with Crippen LogP contribution >= 0.6 is 0 Å². The van der Waals surface area contributed by atoms with Gasteiger partial charge in [-0.25, -0.2) is 4.99 Å². The van der Waals surface area contributed by atoms with E-state index in [0.717, 1.165) is 22.4 Å². The Kier molecular flexibility index (Phi) is 3.28. The van der Waals surface area contributed by atoms with Gasteiger partial charge in [-0.2, -0.15) is 5.26 Å². The summed E-state index contributed by atoms with van der Waals surface area (Å²) in [6.07, 6.45) is 0.317. The molecule has 0 aliphatic carbocycles. The Labute approximate surface area is 145 Å². The maximum atomic E-state index is 12.7. The predicted octanol–water partition coefficient (Wildman–Crippen LogP) is 2.93. The lowest BCUT2D eigenvalue weighted by molar-refractivity contribution is -0.118. The Hall–Kier alpha value is -2.97. The van der Waals surface area contributed by atoms with Crippen molar-refractivity contribution in [1.29, 1.82) is 5.26 Å². The molecule has 2 aliphatic heterocycles.